The van der Waals surface area contributed by atoms with Gasteiger partial charge in [0.1, 0.15) is 0 Å². The summed E-state index contributed by atoms with van der Waals surface area (Å²) in [6, 6.07) is 4.91. The molecule has 0 aromatic heterocycles. The van der Waals surface area contributed by atoms with E-state index in [4.69, 9.17) is 0 Å². The van der Waals surface area contributed by atoms with Gasteiger partial charge in [-0.25, -0.2) is 0 Å². The second-order valence-corrected chi connectivity index (χ2v) is 5.30. The number of aliphatic hydroxyl groups excluding tert-OH is 1. The van der Waals surface area contributed by atoms with Crippen molar-refractivity contribution in [2.24, 2.45) is 5.92 Å². The molecule has 1 N–H and O–H groups in total. The van der Waals surface area contributed by atoms with E-state index >= 15 is 0 Å². The van der Waals surface area contributed by atoms with E-state index in [2.05, 4.69) is 0 Å². The van der Waals surface area contributed by atoms with Crippen molar-refractivity contribution in [3.05, 3.63) is 35.4 Å². The number of hydrogen-bond donors (Lipinski definition) is 1. The molecule has 0 bridgehead atoms. The van der Waals surface area contributed by atoms with Crippen LogP contribution in [0.2, 0.25) is 0 Å². The summed E-state index contributed by atoms with van der Waals surface area (Å²) >= 11 is 0. The number of likely N-dealkylation sites (N-methyl/N-ethyl adjacent to an activating group) is 1. The number of hydrogen-bond acceptors (Lipinski definition) is 2. The first-order valence-corrected chi connectivity index (χ1v) is 6.40. The second-order valence-electron chi connectivity index (χ2n) is 5.30. The van der Waals surface area contributed by atoms with E-state index in [1.807, 2.05) is 11.9 Å². The smallest absolute Gasteiger partial charge is 0.387 e. The molecule has 1 atom stereocenters. The predicted molar refractivity (Wildman–Crippen MR) is 66.6 cm³/mol. The maximum atomic E-state index is 12.6. The van der Waals surface area contributed by atoms with Crippen LogP contribution in [0.15, 0.2) is 24.3 Å². The summed E-state index contributed by atoms with van der Waals surface area (Å²) < 4.78 is 37.7. The largest absolute Gasteiger partial charge is 0.416 e. The highest BCUT2D eigenvalue weighted by atomic mass is 19.4. The molecule has 1 fully saturated rings. The van der Waals surface area contributed by atoms with Gasteiger partial charge in [0, 0.05) is 13.1 Å². The molecule has 1 aromatic rings. The molecule has 0 saturated heterocycles. The van der Waals surface area contributed by atoms with Crippen LogP contribution in [0.1, 0.15) is 30.1 Å². The van der Waals surface area contributed by atoms with Crippen LogP contribution in [-0.4, -0.2) is 30.1 Å². The molecule has 0 aliphatic heterocycles. The number of halogens is 3. The molecule has 2 rings (SSSR count). The lowest BCUT2D eigenvalue weighted by atomic mass is 10.1. The number of nitrogens with zero attached hydrogens (tertiary/aromatic N) is 1. The molecule has 5 heteroatoms. The fraction of sp³-hybridized carbons (Fsp3) is 0.571. The SMILES string of the molecule is CN(CC1CC1)CC(O)c1cccc(C(F)(F)F)c1. The summed E-state index contributed by atoms with van der Waals surface area (Å²) in [6.45, 7) is 1.26. The van der Waals surface area contributed by atoms with Gasteiger partial charge in [-0.3, -0.25) is 0 Å². The van der Waals surface area contributed by atoms with Crippen molar-refractivity contribution in [2.75, 3.05) is 20.1 Å². The molecular formula is C14H18F3NO. The van der Waals surface area contributed by atoms with Crippen LogP contribution < -0.4 is 0 Å². The topological polar surface area (TPSA) is 23.5 Å². The van der Waals surface area contributed by atoms with Gasteiger partial charge in [0.2, 0.25) is 0 Å². The Balaban J connectivity index is 1.99. The fourth-order valence-corrected chi connectivity index (χ4v) is 2.14. The Morgan fingerprint density at radius 1 is 1.37 bits per heavy atom. The van der Waals surface area contributed by atoms with Crippen molar-refractivity contribution in [1.29, 1.82) is 0 Å². The minimum Gasteiger partial charge on any atom is -0.387 e. The molecule has 0 heterocycles. The summed E-state index contributed by atoms with van der Waals surface area (Å²) in [5, 5.41) is 10.0. The van der Waals surface area contributed by atoms with E-state index in [9.17, 15) is 18.3 Å². The Bertz CT molecular complexity index is 429. The summed E-state index contributed by atoms with van der Waals surface area (Å²) in [4.78, 5) is 1.97. The zero-order valence-electron chi connectivity index (χ0n) is 10.8. The third-order valence-corrected chi connectivity index (χ3v) is 3.35. The van der Waals surface area contributed by atoms with E-state index in [1.165, 1.54) is 25.0 Å². The summed E-state index contributed by atoms with van der Waals surface area (Å²) in [7, 11) is 1.88. The van der Waals surface area contributed by atoms with Gasteiger partial charge < -0.3 is 10.0 Å². The van der Waals surface area contributed by atoms with Crippen LogP contribution in [0.5, 0.6) is 0 Å². The lowest BCUT2D eigenvalue weighted by molar-refractivity contribution is -0.137. The van der Waals surface area contributed by atoms with Crippen LogP contribution in [0.3, 0.4) is 0 Å². The van der Waals surface area contributed by atoms with E-state index in [1.54, 1.807) is 0 Å². The molecule has 1 aromatic carbocycles. The normalized spacial score (nSPS) is 17.8. The molecule has 106 valence electrons. The highest BCUT2D eigenvalue weighted by Crippen LogP contribution is 2.32. The number of aliphatic hydroxyl groups is 1. The standard InChI is InChI=1S/C14H18F3NO/c1-18(8-10-5-6-10)9-13(19)11-3-2-4-12(7-11)14(15,16)17/h2-4,7,10,13,19H,5-6,8-9H2,1H3. The number of rotatable bonds is 5. The first-order chi connectivity index (χ1) is 8.86. The minimum atomic E-state index is -4.37. The zero-order chi connectivity index (χ0) is 14.0. The van der Waals surface area contributed by atoms with Crippen molar-refractivity contribution in [3.8, 4) is 0 Å². The highest BCUT2D eigenvalue weighted by Gasteiger charge is 2.31. The van der Waals surface area contributed by atoms with Crippen molar-refractivity contribution < 1.29 is 18.3 Å². The van der Waals surface area contributed by atoms with Gasteiger partial charge in [-0.15, -0.1) is 0 Å². The highest BCUT2D eigenvalue weighted by molar-refractivity contribution is 5.27. The van der Waals surface area contributed by atoms with Crippen LogP contribution in [0.25, 0.3) is 0 Å². The third-order valence-electron chi connectivity index (χ3n) is 3.35. The Labute approximate surface area is 110 Å². The van der Waals surface area contributed by atoms with Crippen LogP contribution in [-0.2, 0) is 6.18 Å². The minimum absolute atomic E-state index is 0.317. The average molecular weight is 273 g/mol. The van der Waals surface area contributed by atoms with Gasteiger partial charge in [-0.1, -0.05) is 12.1 Å². The Hall–Kier alpha value is -1.07. The van der Waals surface area contributed by atoms with Crippen molar-refractivity contribution in [2.45, 2.75) is 25.1 Å². The van der Waals surface area contributed by atoms with Gasteiger partial charge in [0.15, 0.2) is 0 Å². The van der Waals surface area contributed by atoms with E-state index in [-0.39, 0.29) is 0 Å². The van der Waals surface area contributed by atoms with Gasteiger partial charge >= 0.3 is 6.18 Å². The van der Waals surface area contributed by atoms with Crippen molar-refractivity contribution >= 4 is 0 Å². The average Bonchev–Trinajstić information content (AvgIpc) is 3.11. The van der Waals surface area contributed by atoms with E-state index in [0.29, 0.717) is 18.0 Å². The Morgan fingerprint density at radius 2 is 2.05 bits per heavy atom. The summed E-state index contributed by atoms with van der Waals surface area (Å²) in [6.07, 6.45) is -2.82. The van der Waals surface area contributed by atoms with Gasteiger partial charge in [-0.05, 0) is 43.5 Å². The molecule has 1 unspecified atom stereocenters. The van der Waals surface area contributed by atoms with Crippen molar-refractivity contribution in [1.82, 2.24) is 4.90 Å². The van der Waals surface area contributed by atoms with Crippen molar-refractivity contribution in [3.63, 3.8) is 0 Å². The fourth-order valence-electron chi connectivity index (χ4n) is 2.14. The molecule has 0 spiro atoms. The number of alkyl halides is 3. The zero-order valence-corrected chi connectivity index (χ0v) is 10.8. The quantitative estimate of drug-likeness (QED) is 0.891. The Morgan fingerprint density at radius 3 is 2.63 bits per heavy atom. The molecule has 1 aliphatic carbocycles. The lowest BCUT2D eigenvalue weighted by Gasteiger charge is -2.21. The second kappa shape index (κ2) is 5.51. The third kappa shape index (κ3) is 4.21. The molecule has 19 heavy (non-hydrogen) atoms. The summed E-state index contributed by atoms with van der Waals surface area (Å²) in [5.74, 6) is 0.693. The molecule has 2 nitrogen and oxygen atoms in total. The predicted octanol–water partition coefficient (Wildman–Crippen LogP) is 3.08. The molecule has 1 aliphatic rings. The molecule has 0 amide bonds. The molecule has 1 saturated carbocycles. The van der Waals surface area contributed by atoms with Gasteiger partial charge in [0.25, 0.3) is 0 Å². The summed E-state index contributed by atoms with van der Waals surface area (Å²) in [5.41, 5.74) is -0.397. The Kier molecular flexibility index (Phi) is 4.16. The lowest BCUT2D eigenvalue weighted by Crippen LogP contribution is -2.26. The van der Waals surface area contributed by atoms with E-state index < -0.39 is 17.8 Å². The van der Waals surface area contributed by atoms with E-state index in [0.717, 1.165) is 18.7 Å². The maximum absolute atomic E-state index is 12.6. The van der Waals surface area contributed by atoms with Gasteiger partial charge in [0.05, 0.1) is 11.7 Å². The first kappa shape index (κ1) is 14.3. The number of benzene rings is 1. The van der Waals surface area contributed by atoms with Crippen LogP contribution in [0.4, 0.5) is 13.2 Å². The molecular weight excluding hydrogens is 255 g/mol. The first-order valence-electron chi connectivity index (χ1n) is 6.40. The molecule has 0 radical (unpaired) electrons. The maximum Gasteiger partial charge on any atom is 0.416 e. The van der Waals surface area contributed by atoms with Crippen LogP contribution >= 0.6 is 0 Å². The van der Waals surface area contributed by atoms with Gasteiger partial charge in [-0.2, -0.15) is 13.2 Å². The monoisotopic (exact) mass is 273 g/mol. The van der Waals surface area contributed by atoms with Crippen LogP contribution in [0, 0.1) is 5.92 Å².